The quantitative estimate of drug-likeness (QED) is 0.790. The van der Waals surface area contributed by atoms with Crippen LogP contribution in [0.2, 0.25) is 0 Å². The minimum absolute atomic E-state index is 0.160. The van der Waals surface area contributed by atoms with Crippen molar-refractivity contribution in [2.75, 3.05) is 12.3 Å². The zero-order valence-corrected chi connectivity index (χ0v) is 15.8. The SMILES string of the molecule is COc1ccc(Cn2cc(N3OC(C)(C)C(C)(C)O3)c(C(F)(F)F)n2)cc1. The van der Waals surface area contributed by atoms with Gasteiger partial charge in [0.05, 0.1) is 19.9 Å². The van der Waals surface area contributed by atoms with Crippen molar-refractivity contribution in [2.24, 2.45) is 0 Å². The normalized spacial score (nSPS) is 18.7. The van der Waals surface area contributed by atoms with Gasteiger partial charge in [-0.1, -0.05) is 12.1 Å². The lowest BCUT2D eigenvalue weighted by Gasteiger charge is -2.26. The zero-order chi connectivity index (χ0) is 20.0. The summed E-state index contributed by atoms with van der Waals surface area (Å²) in [5, 5.41) is 4.54. The standard InChI is InChI=1S/C18H22F3N3O3/c1-16(2)17(3,4)27-24(26-16)14-11-23(22-15(14)18(19,20)21)10-12-6-8-13(25-5)9-7-12/h6-9,11H,10H2,1-5H3. The molecule has 1 aliphatic heterocycles. The Bertz CT molecular complexity index is 797. The van der Waals surface area contributed by atoms with E-state index in [9.17, 15) is 13.2 Å². The van der Waals surface area contributed by atoms with Crippen molar-refractivity contribution in [3.8, 4) is 5.75 Å². The lowest BCUT2D eigenvalue weighted by molar-refractivity contribution is -0.143. The van der Waals surface area contributed by atoms with Crippen molar-refractivity contribution >= 4 is 5.69 Å². The van der Waals surface area contributed by atoms with Gasteiger partial charge in [0.25, 0.3) is 0 Å². The van der Waals surface area contributed by atoms with Gasteiger partial charge in [0.15, 0.2) is 5.69 Å². The molecule has 1 fully saturated rings. The van der Waals surface area contributed by atoms with Crippen LogP contribution in [-0.4, -0.2) is 28.1 Å². The van der Waals surface area contributed by atoms with Gasteiger partial charge in [0.2, 0.25) is 0 Å². The maximum absolute atomic E-state index is 13.5. The molecule has 3 rings (SSSR count). The summed E-state index contributed by atoms with van der Waals surface area (Å²) < 4.78 is 46.8. The molecule has 2 heterocycles. The topological polar surface area (TPSA) is 48.8 Å². The van der Waals surface area contributed by atoms with E-state index in [1.165, 1.54) is 10.9 Å². The number of rotatable bonds is 4. The number of halogens is 3. The van der Waals surface area contributed by atoms with Gasteiger partial charge in [-0.15, -0.1) is 5.23 Å². The first-order valence-electron chi connectivity index (χ1n) is 8.39. The van der Waals surface area contributed by atoms with E-state index in [0.29, 0.717) is 5.75 Å². The molecule has 0 unspecified atom stereocenters. The van der Waals surface area contributed by atoms with E-state index in [1.807, 2.05) is 0 Å². The molecule has 0 saturated carbocycles. The molecule has 9 heteroatoms. The van der Waals surface area contributed by atoms with Gasteiger partial charge in [-0.05, 0) is 45.4 Å². The number of ether oxygens (including phenoxy) is 1. The predicted molar refractivity (Wildman–Crippen MR) is 92.1 cm³/mol. The molecule has 1 aromatic heterocycles. The lowest BCUT2D eigenvalue weighted by Crippen LogP contribution is -2.41. The van der Waals surface area contributed by atoms with Gasteiger partial charge >= 0.3 is 6.18 Å². The number of hydrogen-bond acceptors (Lipinski definition) is 5. The Kier molecular flexibility index (Phi) is 4.63. The Labute approximate surface area is 155 Å². The smallest absolute Gasteiger partial charge is 0.437 e. The zero-order valence-electron chi connectivity index (χ0n) is 15.8. The Hall–Kier alpha value is -2.26. The highest BCUT2D eigenvalue weighted by molar-refractivity contribution is 5.47. The van der Waals surface area contributed by atoms with Crippen LogP contribution in [0, 0.1) is 0 Å². The third-order valence-electron chi connectivity index (χ3n) is 4.78. The molecule has 0 spiro atoms. The summed E-state index contributed by atoms with van der Waals surface area (Å²) in [6.45, 7) is 7.17. The van der Waals surface area contributed by atoms with Crippen LogP contribution in [0.15, 0.2) is 30.5 Å². The molecule has 2 aromatic rings. The second kappa shape index (κ2) is 6.42. The van der Waals surface area contributed by atoms with Crippen LogP contribution >= 0.6 is 0 Å². The molecular formula is C18H22F3N3O3. The minimum atomic E-state index is -4.65. The van der Waals surface area contributed by atoms with E-state index < -0.39 is 23.1 Å². The Balaban J connectivity index is 1.92. The van der Waals surface area contributed by atoms with Gasteiger partial charge < -0.3 is 4.74 Å². The molecule has 148 valence electrons. The monoisotopic (exact) mass is 385 g/mol. The first kappa shape index (κ1) is 19.5. The van der Waals surface area contributed by atoms with Crippen LogP contribution in [-0.2, 0) is 22.4 Å². The number of benzene rings is 1. The average Bonchev–Trinajstić information content (AvgIpc) is 3.07. The lowest BCUT2D eigenvalue weighted by atomic mass is 9.90. The van der Waals surface area contributed by atoms with Crippen LogP contribution in [0.4, 0.5) is 18.9 Å². The Morgan fingerprint density at radius 2 is 1.59 bits per heavy atom. The number of nitrogens with zero attached hydrogens (tertiary/aromatic N) is 3. The highest BCUT2D eigenvalue weighted by Crippen LogP contribution is 2.43. The summed E-state index contributed by atoms with van der Waals surface area (Å²) in [5.74, 6) is 0.666. The van der Waals surface area contributed by atoms with Crippen LogP contribution in [0.3, 0.4) is 0 Å². The van der Waals surface area contributed by atoms with Crippen LogP contribution in [0.25, 0.3) is 0 Å². The van der Waals surface area contributed by atoms with E-state index in [4.69, 9.17) is 14.4 Å². The first-order chi connectivity index (χ1) is 12.4. The van der Waals surface area contributed by atoms with Crippen molar-refractivity contribution in [1.29, 1.82) is 0 Å². The third kappa shape index (κ3) is 3.74. The van der Waals surface area contributed by atoms with Crippen molar-refractivity contribution < 1.29 is 27.6 Å². The van der Waals surface area contributed by atoms with Crippen LogP contribution < -0.4 is 9.96 Å². The van der Waals surface area contributed by atoms with Crippen molar-refractivity contribution in [3.05, 3.63) is 41.7 Å². The minimum Gasteiger partial charge on any atom is -0.497 e. The van der Waals surface area contributed by atoms with Crippen LogP contribution in [0.5, 0.6) is 5.75 Å². The number of methoxy groups -OCH3 is 1. The molecule has 0 amide bonds. The summed E-state index contributed by atoms with van der Waals surface area (Å²) in [5.41, 5.74) is -2.19. The molecule has 6 nitrogen and oxygen atoms in total. The molecule has 0 aliphatic carbocycles. The largest absolute Gasteiger partial charge is 0.497 e. The van der Waals surface area contributed by atoms with E-state index in [0.717, 1.165) is 10.8 Å². The third-order valence-corrected chi connectivity index (χ3v) is 4.78. The maximum Gasteiger partial charge on any atom is 0.437 e. The molecule has 0 atom stereocenters. The maximum atomic E-state index is 13.5. The second-order valence-corrected chi connectivity index (χ2v) is 7.37. The average molecular weight is 385 g/mol. The predicted octanol–water partition coefficient (Wildman–Crippen LogP) is 4.20. The summed E-state index contributed by atoms with van der Waals surface area (Å²) in [7, 11) is 1.55. The Morgan fingerprint density at radius 3 is 2.07 bits per heavy atom. The van der Waals surface area contributed by atoms with E-state index in [-0.39, 0.29) is 12.2 Å². The van der Waals surface area contributed by atoms with Crippen molar-refractivity contribution in [3.63, 3.8) is 0 Å². The highest BCUT2D eigenvalue weighted by atomic mass is 19.4. The van der Waals surface area contributed by atoms with E-state index in [2.05, 4.69) is 5.10 Å². The molecule has 0 bridgehead atoms. The molecule has 0 radical (unpaired) electrons. The van der Waals surface area contributed by atoms with Gasteiger partial charge in [0.1, 0.15) is 22.6 Å². The van der Waals surface area contributed by atoms with E-state index in [1.54, 1.807) is 59.1 Å². The summed E-state index contributed by atoms with van der Waals surface area (Å²) >= 11 is 0. The fraction of sp³-hybridized carbons (Fsp3) is 0.500. The molecule has 27 heavy (non-hydrogen) atoms. The highest BCUT2D eigenvalue weighted by Gasteiger charge is 2.52. The van der Waals surface area contributed by atoms with Crippen molar-refractivity contribution in [1.82, 2.24) is 9.78 Å². The molecule has 1 aromatic carbocycles. The molecular weight excluding hydrogens is 363 g/mol. The number of aromatic nitrogens is 2. The van der Waals surface area contributed by atoms with Gasteiger partial charge in [-0.3, -0.25) is 4.68 Å². The summed E-state index contributed by atoms with van der Waals surface area (Å²) in [6.07, 6.45) is -3.38. The van der Waals surface area contributed by atoms with Gasteiger partial charge in [-0.25, -0.2) is 9.68 Å². The second-order valence-electron chi connectivity index (χ2n) is 7.37. The molecule has 1 saturated heterocycles. The molecule has 1 aliphatic rings. The summed E-state index contributed by atoms with van der Waals surface area (Å²) in [6, 6.07) is 7.01. The molecule has 0 N–H and O–H groups in total. The number of anilines is 1. The summed E-state index contributed by atoms with van der Waals surface area (Å²) in [4.78, 5) is 11.2. The van der Waals surface area contributed by atoms with E-state index >= 15 is 0 Å². The van der Waals surface area contributed by atoms with Gasteiger partial charge in [-0.2, -0.15) is 18.3 Å². The number of alkyl halides is 3. The fourth-order valence-corrected chi connectivity index (χ4v) is 2.50. The Morgan fingerprint density at radius 1 is 1.04 bits per heavy atom. The van der Waals surface area contributed by atoms with Crippen LogP contribution in [0.1, 0.15) is 39.0 Å². The fourth-order valence-electron chi connectivity index (χ4n) is 2.50. The first-order valence-corrected chi connectivity index (χ1v) is 8.39. The number of hydrogen-bond donors (Lipinski definition) is 0. The van der Waals surface area contributed by atoms with Gasteiger partial charge in [0, 0.05) is 0 Å². The van der Waals surface area contributed by atoms with Crippen molar-refractivity contribution in [2.45, 2.75) is 51.6 Å².